The molecule has 5 heteroatoms. The van der Waals surface area contributed by atoms with E-state index >= 15 is 0 Å². The molecule has 0 spiro atoms. The Labute approximate surface area is 117 Å². The van der Waals surface area contributed by atoms with Crippen LogP contribution in [-0.2, 0) is 11.4 Å². The first-order chi connectivity index (χ1) is 9.81. The molecule has 0 aliphatic heterocycles. The molecule has 0 atom stereocenters. The van der Waals surface area contributed by atoms with Gasteiger partial charge in [-0.1, -0.05) is 30.3 Å². The van der Waals surface area contributed by atoms with Crippen LogP contribution in [0.15, 0.2) is 42.6 Å². The standard InChI is InChI=1S/C15H15N3O2/c19-15(12-6-7-12)17-14-8-13(9-16-18-14)20-10-11-4-2-1-3-5-11/h1-5,8-9,12H,6-7,10H2,(H,17,18,19). The van der Waals surface area contributed by atoms with Crippen LogP contribution in [0.3, 0.4) is 0 Å². The highest BCUT2D eigenvalue weighted by atomic mass is 16.5. The van der Waals surface area contributed by atoms with Crippen LogP contribution in [0.5, 0.6) is 5.75 Å². The normalized spacial score (nSPS) is 13.8. The zero-order valence-electron chi connectivity index (χ0n) is 11.0. The van der Waals surface area contributed by atoms with Crippen molar-refractivity contribution in [2.24, 2.45) is 5.92 Å². The lowest BCUT2D eigenvalue weighted by Gasteiger charge is -2.07. The molecule has 1 aliphatic carbocycles. The van der Waals surface area contributed by atoms with Crippen LogP contribution in [-0.4, -0.2) is 16.1 Å². The second-order valence-corrected chi connectivity index (χ2v) is 4.81. The molecule has 1 aromatic carbocycles. The van der Waals surface area contributed by atoms with Crippen molar-refractivity contribution in [3.63, 3.8) is 0 Å². The summed E-state index contributed by atoms with van der Waals surface area (Å²) in [6.45, 7) is 0.461. The topological polar surface area (TPSA) is 64.1 Å². The lowest BCUT2D eigenvalue weighted by molar-refractivity contribution is -0.117. The van der Waals surface area contributed by atoms with Crippen LogP contribution in [0.2, 0.25) is 0 Å². The summed E-state index contributed by atoms with van der Waals surface area (Å²) in [4.78, 5) is 11.6. The van der Waals surface area contributed by atoms with Gasteiger partial charge in [-0.3, -0.25) is 4.79 Å². The number of hydrogen-bond acceptors (Lipinski definition) is 4. The van der Waals surface area contributed by atoms with Gasteiger partial charge in [0.15, 0.2) is 5.82 Å². The molecule has 1 fully saturated rings. The summed E-state index contributed by atoms with van der Waals surface area (Å²) in [5.41, 5.74) is 1.08. The van der Waals surface area contributed by atoms with Crippen molar-refractivity contribution in [2.45, 2.75) is 19.4 Å². The average Bonchev–Trinajstić information content (AvgIpc) is 3.31. The van der Waals surface area contributed by atoms with Crippen LogP contribution in [0.4, 0.5) is 5.82 Å². The number of aromatic nitrogens is 2. The third kappa shape index (κ3) is 3.32. The molecule has 1 aromatic heterocycles. The van der Waals surface area contributed by atoms with Crippen molar-refractivity contribution >= 4 is 11.7 Å². The number of nitrogens with zero attached hydrogens (tertiary/aromatic N) is 2. The maximum absolute atomic E-state index is 11.6. The van der Waals surface area contributed by atoms with E-state index in [2.05, 4.69) is 15.5 Å². The third-order valence-corrected chi connectivity index (χ3v) is 3.08. The summed E-state index contributed by atoms with van der Waals surface area (Å²) in [6, 6.07) is 11.6. The van der Waals surface area contributed by atoms with E-state index in [0.29, 0.717) is 18.2 Å². The first-order valence-electron chi connectivity index (χ1n) is 6.61. The summed E-state index contributed by atoms with van der Waals surface area (Å²) < 4.78 is 5.64. The molecule has 0 saturated heterocycles. The van der Waals surface area contributed by atoms with Gasteiger partial charge in [-0.2, -0.15) is 5.10 Å². The highest BCUT2D eigenvalue weighted by Gasteiger charge is 2.29. The fourth-order valence-corrected chi connectivity index (χ4v) is 1.80. The Hall–Kier alpha value is -2.43. The van der Waals surface area contributed by atoms with Gasteiger partial charge in [-0.15, -0.1) is 5.10 Å². The molecule has 5 nitrogen and oxygen atoms in total. The number of benzene rings is 1. The van der Waals surface area contributed by atoms with E-state index < -0.39 is 0 Å². The minimum atomic E-state index is 0.0134. The van der Waals surface area contributed by atoms with Crippen LogP contribution in [0.1, 0.15) is 18.4 Å². The lowest BCUT2D eigenvalue weighted by Crippen LogP contribution is -2.14. The number of carbonyl (C=O) groups excluding carboxylic acids is 1. The molecule has 1 N–H and O–H groups in total. The minimum absolute atomic E-state index is 0.0134. The molecule has 3 rings (SSSR count). The molecule has 1 saturated carbocycles. The van der Waals surface area contributed by atoms with E-state index in [1.807, 2.05) is 30.3 Å². The number of rotatable bonds is 5. The van der Waals surface area contributed by atoms with Crippen molar-refractivity contribution in [1.82, 2.24) is 10.2 Å². The van der Waals surface area contributed by atoms with Crippen LogP contribution in [0.25, 0.3) is 0 Å². The number of carbonyl (C=O) groups is 1. The molecule has 0 bridgehead atoms. The number of nitrogens with one attached hydrogen (secondary N) is 1. The second-order valence-electron chi connectivity index (χ2n) is 4.81. The Bertz CT molecular complexity index is 597. The summed E-state index contributed by atoms with van der Waals surface area (Å²) in [5.74, 6) is 1.19. The largest absolute Gasteiger partial charge is 0.487 e. The van der Waals surface area contributed by atoms with Gasteiger partial charge in [-0.05, 0) is 18.4 Å². The SMILES string of the molecule is O=C(Nc1cc(OCc2ccccc2)cnn1)C1CC1. The molecule has 0 unspecified atom stereocenters. The van der Waals surface area contributed by atoms with E-state index in [4.69, 9.17) is 4.74 Å². The number of anilines is 1. The number of amides is 1. The van der Waals surface area contributed by atoms with Gasteiger partial charge >= 0.3 is 0 Å². The van der Waals surface area contributed by atoms with Gasteiger partial charge < -0.3 is 10.1 Å². The fraction of sp³-hybridized carbons (Fsp3) is 0.267. The minimum Gasteiger partial charge on any atom is -0.487 e. The molecule has 1 aliphatic rings. The smallest absolute Gasteiger partial charge is 0.228 e. The molecule has 0 radical (unpaired) electrons. The molecule has 102 valence electrons. The fourth-order valence-electron chi connectivity index (χ4n) is 1.80. The summed E-state index contributed by atoms with van der Waals surface area (Å²) in [6.07, 6.45) is 3.46. The van der Waals surface area contributed by atoms with Gasteiger partial charge in [0.2, 0.25) is 5.91 Å². The molecular weight excluding hydrogens is 254 g/mol. The summed E-state index contributed by atoms with van der Waals surface area (Å²) in [7, 11) is 0. The molecule has 1 amide bonds. The van der Waals surface area contributed by atoms with Gasteiger partial charge in [0, 0.05) is 12.0 Å². The van der Waals surface area contributed by atoms with Crippen molar-refractivity contribution in [1.29, 1.82) is 0 Å². The zero-order chi connectivity index (χ0) is 13.8. The monoisotopic (exact) mass is 269 g/mol. The Balaban J connectivity index is 1.60. The van der Waals surface area contributed by atoms with E-state index in [1.165, 1.54) is 6.20 Å². The predicted molar refractivity (Wildman–Crippen MR) is 74.2 cm³/mol. The lowest BCUT2D eigenvalue weighted by atomic mass is 10.2. The van der Waals surface area contributed by atoms with Crippen molar-refractivity contribution in [3.8, 4) is 5.75 Å². The zero-order valence-corrected chi connectivity index (χ0v) is 11.0. The maximum Gasteiger partial charge on any atom is 0.228 e. The molecule has 1 heterocycles. The van der Waals surface area contributed by atoms with E-state index in [1.54, 1.807) is 6.07 Å². The van der Waals surface area contributed by atoms with Crippen LogP contribution >= 0.6 is 0 Å². The van der Waals surface area contributed by atoms with Gasteiger partial charge in [-0.25, -0.2) is 0 Å². The number of ether oxygens (including phenoxy) is 1. The molecular formula is C15H15N3O2. The summed E-state index contributed by atoms with van der Waals surface area (Å²) >= 11 is 0. The first-order valence-corrected chi connectivity index (χ1v) is 6.61. The van der Waals surface area contributed by atoms with Gasteiger partial charge in [0.1, 0.15) is 12.4 Å². The van der Waals surface area contributed by atoms with Gasteiger partial charge in [0.05, 0.1) is 6.20 Å². The van der Waals surface area contributed by atoms with Crippen molar-refractivity contribution in [2.75, 3.05) is 5.32 Å². The van der Waals surface area contributed by atoms with E-state index in [0.717, 1.165) is 18.4 Å². The quantitative estimate of drug-likeness (QED) is 0.905. The van der Waals surface area contributed by atoms with Crippen LogP contribution in [0, 0.1) is 5.92 Å². The highest BCUT2D eigenvalue weighted by molar-refractivity contribution is 5.93. The Morgan fingerprint density at radius 2 is 2.10 bits per heavy atom. The van der Waals surface area contributed by atoms with Gasteiger partial charge in [0.25, 0.3) is 0 Å². The average molecular weight is 269 g/mol. The summed E-state index contributed by atoms with van der Waals surface area (Å²) in [5, 5.41) is 10.5. The van der Waals surface area contributed by atoms with Crippen molar-refractivity contribution in [3.05, 3.63) is 48.2 Å². The highest BCUT2D eigenvalue weighted by Crippen LogP contribution is 2.30. The molecule has 20 heavy (non-hydrogen) atoms. The first kappa shape index (κ1) is 12.6. The van der Waals surface area contributed by atoms with Crippen LogP contribution < -0.4 is 10.1 Å². The van der Waals surface area contributed by atoms with E-state index in [-0.39, 0.29) is 11.8 Å². The van der Waals surface area contributed by atoms with Crippen molar-refractivity contribution < 1.29 is 9.53 Å². The predicted octanol–water partition coefficient (Wildman–Crippen LogP) is 2.40. The molecule has 2 aromatic rings. The maximum atomic E-state index is 11.6. The van der Waals surface area contributed by atoms with E-state index in [9.17, 15) is 4.79 Å². The Kier molecular flexibility index (Phi) is 3.58. The second kappa shape index (κ2) is 5.69. The number of hydrogen-bond donors (Lipinski definition) is 1. The Morgan fingerprint density at radius 3 is 2.85 bits per heavy atom. The Morgan fingerprint density at radius 1 is 1.30 bits per heavy atom. The third-order valence-electron chi connectivity index (χ3n) is 3.08.